The molecular formula is C19H21ClN2O3. The molecule has 0 saturated carbocycles. The summed E-state index contributed by atoms with van der Waals surface area (Å²) in [5, 5.41) is 6.25. The van der Waals surface area contributed by atoms with E-state index in [2.05, 4.69) is 16.7 Å². The molecule has 0 unspecified atom stereocenters. The van der Waals surface area contributed by atoms with Crippen LogP contribution in [0.25, 0.3) is 0 Å². The highest BCUT2D eigenvalue weighted by atomic mass is 35.5. The molecule has 0 radical (unpaired) electrons. The van der Waals surface area contributed by atoms with E-state index >= 15 is 0 Å². The number of rotatable bonds is 5. The fourth-order valence-corrected chi connectivity index (χ4v) is 3.10. The molecule has 3 rings (SSSR count). The maximum absolute atomic E-state index is 12.2. The van der Waals surface area contributed by atoms with Crippen molar-refractivity contribution in [3.63, 3.8) is 0 Å². The van der Waals surface area contributed by atoms with Gasteiger partial charge in [0.1, 0.15) is 11.5 Å². The zero-order chi connectivity index (χ0) is 17.8. The van der Waals surface area contributed by atoms with Crippen molar-refractivity contribution in [1.29, 1.82) is 0 Å². The third kappa shape index (κ3) is 4.37. The molecule has 0 spiro atoms. The second-order valence-electron chi connectivity index (χ2n) is 6.09. The van der Waals surface area contributed by atoms with Gasteiger partial charge in [0, 0.05) is 17.5 Å². The Labute approximate surface area is 152 Å². The van der Waals surface area contributed by atoms with Gasteiger partial charge in [-0.2, -0.15) is 0 Å². The Bertz CT molecular complexity index is 779. The molecule has 0 aliphatic carbocycles. The first-order valence-electron chi connectivity index (χ1n) is 8.21. The first-order valence-corrected chi connectivity index (χ1v) is 8.58. The van der Waals surface area contributed by atoms with E-state index in [4.69, 9.17) is 21.1 Å². The lowest BCUT2D eigenvalue weighted by Crippen LogP contribution is -2.37. The van der Waals surface area contributed by atoms with Gasteiger partial charge in [-0.3, -0.25) is 0 Å². The van der Waals surface area contributed by atoms with Gasteiger partial charge in [-0.15, -0.1) is 0 Å². The Morgan fingerprint density at radius 2 is 2.16 bits per heavy atom. The van der Waals surface area contributed by atoms with Crippen LogP contribution in [-0.2, 0) is 12.8 Å². The van der Waals surface area contributed by atoms with Crippen molar-refractivity contribution in [2.75, 3.05) is 19.0 Å². The molecule has 0 saturated heterocycles. The maximum atomic E-state index is 12.2. The van der Waals surface area contributed by atoms with Gasteiger partial charge in [-0.05, 0) is 48.7 Å². The number of nitrogens with one attached hydrogen (secondary N) is 2. The molecule has 1 aliphatic heterocycles. The third-order valence-corrected chi connectivity index (χ3v) is 4.32. The van der Waals surface area contributed by atoms with Crippen molar-refractivity contribution in [2.45, 2.75) is 25.8 Å². The molecule has 2 N–H and O–H groups in total. The highest BCUT2D eigenvalue weighted by Crippen LogP contribution is 2.28. The molecule has 0 aromatic heterocycles. The minimum Gasteiger partial charge on any atom is -0.495 e. The zero-order valence-corrected chi connectivity index (χ0v) is 15.0. The molecular weight excluding hydrogens is 340 g/mol. The Hall–Kier alpha value is -2.40. The lowest BCUT2D eigenvalue weighted by Gasteiger charge is -2.16. The summed E-state index contributed by atoms with van der Waals surface area (Å²) in [6, 6.07) is 11.0. The molecule has 0 bridgehead atoms. The Morgan fingerprint density at radius 1 is 1.32 bits per heavy atom. The number of urea groups is 1. The molecule has 132 valence electrons. The Morgan fingerprint density at radius 3 is 2.96 bits per heavy atom. The highest BCUT2D eigenvalue weighted by Gasteiger charge is 2.15. The van der Waals surface area contributed by atoms with Gasteiger partial charge in [0.05, 0.1) is 19.4 Å². The average Bonchev–Trinajstić information content (AvgIpc) is 3.02. The minimum atomic E-state index is -0.294. The lowest BCUT2D eigenvalue weighted by molar-refractivity contribution is 0.249. The zero-order valence-electron chi connectivity index (χ0n) is 14.3. The van der Waals surface area contributed by atoms with E-state index in [9.17, 15) is 4.79 Å². The first-order chi connectivity index (χ1) is 12.0. The highest BCUT2D eigenvalue weighted by molar-refractivity contribution is 6.31. The fraction of sp³-hybridized carbons (Fsp3) is 0.316. The number of benzene rings is 2. The van der Waals surface area contributed by atoms with Crippen LogP contribution < -0.4 is 20.1 Å². The fourth-order valence-electron chi connectivity index (χ4n) is 2.93. The SMILES string of the molecule is COc1ccc(Cl)cc1NC(=O)N[C@H](C)Cc1ccc2c(c1)CCO2. The molecule has 2 aromatic carbocycles. The molecule has 1 aliphatic rings. The topological polar surface area (TPSA) is 59.6 Å². The van der Waals surface area contributed by atoms with Crippen molar-refractivity contribution in [3.05, 3.63) is 52.5 Å². The normalized spacial score (nSPS) is 13.6. The van der Waals surface area contributed by atoms with Crippen molar-refractivity contribution in [3.8, 4) is 11.5 Å². The number of carbonyl (C=O) groups is 1. The summed E-state index contributed by atoms with van der Waals surface area (Å²) in [5.41, 5.74) is 2.95. The molecule has 5 nitrogen and oxygen atoms in total. The van der Waals surface area contributed by atoms with Crippen LogP contribution in [0.3, 0.4) is 0 Å². The number of amides is 2. The predicted octanol–water partition coefficient (Wildman–Crippen LogP) is 4.04. The maximum Gasteiger partial charge on any atom is 0.319 e. The van der Waals surface area contributed by atoms with Crippen LogP contribution >= 0.6 is 11.6 Å². The Kier molecular flexibility index (Phi) is 5.34. The molecule has 6 heteroatoms. The second kappa shape index (κ2) is 7.66. The van der Waals surface area contributed by atoms with E-state index < -0.39 is 0 Å². The summed E-state index contributed by atoms with van der Waals surface area (Å²) in [6.07, 6.45) is 1.69. The summed E-state index contributed by atoms with van der Waals surface area (Å²) >= 11 is 5.98. The van der Waals surface area contributed by atoms with Crippen molar-refractivity contribution in [1.82, 2.24) is 5.32 Å². The molecule has 0 fully saturated rings. The number of halogens is 1. The molecule has 1 heterocycles. The van der Waals surface area contributed by atoms with Gasteiger partial charge in [0.25, 0.3) is 0 Å². The second-order valence-corrected chi connectivity index (χ2v) is 6.53. The van der Waals surface area contributed by atoms with Gasteiger partial charge < -0.3 is 20.1 Å². The van der Waals surface area contributed by atoms with Gasteiger partial charge in [0.15, 0.2) is 0 Å². The monoisotopic (exact) mass is 360 g/mol. The van der Waals surface area contributed by atoms with Gasteiger partial charge in [0.2, 0.25) is 0 Å². The van der Waals surface area contributed by atoms with Crippen LogP contribution in [0.4, 0.5) is 10.5 Å². The summed E-state index contributed by atoms with van der Waals surface area (Å²) < 4.78 is 10.7. The standard InChI is InChI=1S/C19H21ClN2O3/c1-12(9-13-3-5-17-14(10-13)7-8-25-17)21-19(23)22-16-11-15(20)4-6-18(16)24-2/h3-6,10-12H,7-9H2,1-2H3,(H2,21,22,23)/t12-/m1/s1. The summed E-state index contributed by atoms with van der Waals surface area (Å²) in [6.45, 7) is 2.72. The molecule has 25 heavy (non-hydrogen) atoms. The van der Waals surface area contributed by atoms with Crippen LogP contribution in [-0.4, -0.2) is 25.8 Å². The number of ether oxygens (including phenoxy) is 2. The first kappa shape index (κ1) is 17.4. The summed E-state index contributed by atoms with van der Waals surface area (Å²) in [5.74, 6) is 1.53. The largest absolute Gasteiger partial charge is 0.495 e. The van der Waals surface area contributed by atoms with Crippen LogP contribution in [0.5, 0.6) is 11.5 Å². The Balaban J connectivity index is 1.58. The molecule has 2 aromatic rings. The number of carbonyl (C=O) groups excluding carboxylic acids is 1. The van der Waals surface area contributed by atoms with Crippen molar-refractivity contribution < 1.29 is 14.3 Å². The van der Waals surface area contributed by atoms with Crippen LogP contribution in [0.1, 0.15) is 18.1 Å². The van der Waals surface area contributed by atoms with Gasteiger partial charge >= 0.3 is 6.03 Å². The van der Waals surface area contributed by atoms with Crippen molar-refractivity contribution in [2.24, 2.45) is 0 Å². The molecule has 2 amide bonds. The van der Waals surface area contributed by atoms with E-state index in [0.29, 0.717) is 16.5 Å². The van der Waals surface area contributed by atoms with E-state index in [-0.39, 0.29) is 12.1 Å². The number of hydrogen-bond acceptors (Lipinski definition) is 3. The number of fused-ring (bicyclic) bond motifs is 1. The average molecular weight is 361 g/mol. The van der Waals surface area contributed by atoms with Crippen LogP contribution in [0.2, 0.25) is 5.02 Å². The van der Waals surface area contributed by atoms with Gasteiger partial charge in [-0.25, -0.2) is 4.79 Å². The van der Waals surface area contributed by atoms with E-state index in [0.717, 1.165) is 25.2 Å². The smallest absolute Gasteiger partial charge is 0.319 e. The molecule has 1 atom stereocenters. The number of anilines is 1. The lowest BCUT2D eigenvalue weighted by atomic mass is 10.0. The van der Waals surface area contributed by atoms with E-state index in [1.54, 1.807) is 25.3 Å². The summed E-state index contributed by atoms with van der Waals surface area (Å²) in [4.78, 5) is 12.2. The van der Waals surface area contributed by atoms with E-state index in [1.165, 1.54) is 11.1 Å². The summed E-state index contributed by atoms with van der Waals surface area (Å²) in [7, 11) is 1.55. The van der Waals surface area contributed by atoms with Crippen LogP contribution in [0, 0.1) is 0 Å². The predicted molar refractivity (Wildman–Crippen MR) is 99.0 cm³/mol. The van der Waals surface area contributed by atoms with Crippen molar-refractivity contribution >= 4 is 23.3 Å². The minimum absolute atomic E-state index is 0.0226. The van der Waals surface area contributed by atoms with Crippen LogP contribution in [0.15, 0.2) is 36.4 Å². The number of methoxy groups -OCH3 is 1. The number of hydrogen-bond donors (Lipinski definition) is 2. The van der Waals surface area contributed by atoms with E-state index in [1.807, 2.05) is 19.1 Å². The van der Waals surface area contributed by atoms with Gasteiger partial charge in [-0.1, -0.05) is 23.7 Å². The quantitative estimate of drug-likeness (QED) is 0.846. The third-order valence-electron chi connectivity index (χ3n) is 4.08.